The van der Waals surface area contributed by atoms with Crippen molar-refractivity contribution in [3.05, 3.63) is 12.2 Å². The van der Waals surface area contributed by atoms with Crippen LogP contribution in [0.25, 0.3) is 0 Å². The molecular formula is C44H82O6. The van der Waals surface area contributed by atoms with E-state index in [1.54, 1.807) is 0 Å². The summed E-state index contributed by atoms with van der Waals surface area (Å²) in [4.78, 5) is 37.5. The van der Waals surface area contributed by atoms with E-state index in [0.717, 1.165) is 77.0 Å². The fraction of sp³-hybridized carbons (Fsp3) is 0.886. The maximum absolute atomic E-state index is 12.6. The zero-order valence-corrected chi connectivity index (χ0v) is 33.4. The molecule has 294 valence electrons. The summed E-state index contributed by atoms with van der Waals surface area (Å²) in [6, 6.07) is 0. The van der Waals surface area contributed by atoms with Gasteiger partial charge in [0.2, 0.25) is 0 Å². The first-order valence-corrected chi connectivity index (χ1v) is 21.7. The number of hydrogen-bond donors (Lipinski definition) is 0. The van der Waals surface area contributed by atoms with Gasteiger partial charge in [0.05, 0.1) is 0 Å². The van der Waals surface area contributed by atoms with Crippen LogP contribution in [0.15, 0.2) is 12.2 Å². The van der Waals surface area contributed by atoms with Crippen LogP contribution in [0.5, 0.6) is 0 Å². The van der Waals surface area contributed by atoms with E-state index in [1.807, 2.05) is 0 Å². The van der Waals surface area contributed by atoms with E-state index in [0.29, 0.717) is 19.3 Å². The Morgan fingerprint density at radius 2 is 0.700 bits per heavy atom. The number of ether oxygens (including phenoxy) is 3. The Kier molecular flexibility index (Phi) is 38.5. The Bertz CT molecular complexity index is 778. The molecule has 0 fully saturated rings. The van der Waals surface area contributed by atoms with Gasteiger partial charge in [0.15, 0.2) is 6.10 Å². The number of carbonyl (C=O) groups excluding carboxylic acids is 3. The molecule has 0 aromatic carbocycles. The van der Waals surface area contributed by atoms with Crippen molar-refractivity contribution >= 4 is 17.9 Å². The SMILES string of the molecule is CCC/C=C\CCCCCCCC(=O)OC(COC(=O)CCCCCCCCCCC)COC(=O)CCCCCCCCCCCCCCC. The maximum atomic E-state index is 12.6. The van der Waals surface area contributed by atoms with Crippen LogP contribution in [0.3, 0.4) is 0 Å². The first-order valence-electron chi connectivity index (χ1n) is 21.7. The third-order valence-electron chi connectivity index (χ3n) is 9.50. The first kappa shape index (κ1) is 48.1. The summed E-state index contributed by atoms with van der Waals surface area (Å²) >= 11 is 0. The summed E-state index contributed by atoms with van der Waals surface area (Å²) < 4.78 is 16.6. The third-order valence-corrected chi connectivity index (χ3v) is 9.50. The summed E-state index contributed by atoms with van der Waals surface area (Å²) in [6.07, 6.45) is 40.5. The van der Waals surface area contributed by atoms with Crippen molar-refractivity contribution in [2.75, 3.05) is 13.2 Å². The number of carbonyl (C=O) groups is 3. The Labute approximate surface area is 310 Å². The second-order valence-electron chi connectivity index (χ2n) is 14.6. The molecule has 0 spiro atoms. The molecule has 0 bridgehead atoms. The van der Waals surface area contributed by atoms with Crippen molar-refractivity contribution in [2.24, 2.45) is 0 Å². The summed E-state index contributed by atoms with van der Waals surface area (Å²) in [5, 5.41) is 0. The van der Waals surface area contributed by atoms with Crippen molar-refractivity contribution in [3.8, 4) is 0 Å². The van der Waals surface area contributed by atoms with Crippen molar-refractivity contribution in [1.29, 1.82) is 0 Å². The minimum atomic E-state index is -0.764. The number of rotatable bonds is 39. The monoisotopic (exact) mass is 707 g/mol. The highest BCUT2D eigenvalue weighted by Gasteiger charge is 2.19. The summed E-state index contributed by atoms with van der Waals surface area (Å²) in [5.74, 6) is -0.878. The fourth-order valence-corrected chi connectivity index (χ4v) is 6.21. The zero-order valence-electron chi connectivity index (χ0n) is 33.4. The van der Waals surface area contributed by atoms with Gasteiger partial charge in [0.25, 0.3) is 0 Å². The molecule has 1 unspecified atom stereocenters. The van der Waals surface area contributed by atoms with Gasteiger partial charge in [0.1, 0.15) is 13.2 Å². The van der Waals surface area contributed by atoms with Crippen molar-refractivity contribution in [2.45, 2.75) is 239 Å². The normalized spacial score (nSPS) is 12.0. The molecule has 0 radical (unpaired) electrons. The van der Waals surface area contributed by atoms with Crippen LogP contribution >= 0.6 is 0 Å². The molecule has 6 nitrogen and oxygen atoms in total. The molecule has 0 saturated carbocycles. The molecule has 50 heavy (non-hydrogen) atoms. The Balaban J connectivity index is 4.32. The van der Waals surface area contributed by atoms with E-state index in [-0.39, 0.29) is 31.1 Å². The number of unbranched alkanes of at least 4 members (excludes halogenated alkanes) is 26. The molecule has 0 saturated heterocycles. The van der Waals surface area contributed by atoms with E-state index < -0.39 is 6.10 Å². The third kappa shape index (κ3) is 37.4. The van der Waals surface area contributed by atoms with Crippen molar-refractivity contribution in [3.63, 3.8) is 0 Å². The molecule has 0 rings (SSSR count). The number of allylic oxidation sites excluding steroid dienone is 2. The molecule has 0 N–H and O–H groups in total. The number of hydrogen-bond acceptors (Lipinski definition) is 6. The van der Waals surface area contributed by atoms with E-state index in [4.69, 9.17) is 14.2 Å². The van der Waals surface area contributed by atoms with Crippen LogP contribution in [0.4, 0.5) is 0 Å². The molecule has 1 atom stereocenters. The van der Waals surface area contributed by atoms with Crippen LogP contribution < -0.4 is 0 Å². The first-order chi connectivity index (χ1) is 24.5. The average Bonchev–Trinajstić information content (AvgIpc) is 3.11. The van der Waals surface area contributed by atoms with Gasteiger partial charge in [-0.05, 0) is 38.5 Å². The second kappa shape index (κ2) is 39.9. The van der Waals surface area contributed by atoms with Gasteiger partial charge < -0.3 is 14.2 Å². The van der Waals surface area contributed by atoms with Gasteiger partial charge in [-0.25, -0.2) is 0 Å². The Hall–Kier alpha value is -1.85. The van der Waals surface area contributed by atoms with Crippen molar-refractivity contribution in [1.82, 2.24) is 0 Å². The largest absolute Gasteiger partial charge is 0.462 e. The quantitative estimate of drug-likeness (QED) is 0.0274. The highest BCUT2D eigenvalue weighted by Crippen LogP contribution is 2.15. The van der Waals surface area contributed by atoms with Gasteiger partial charge in [-0.3, -0.25) is 14.4 Å². The van der Waals surface area contributed by atoms with Gasteiger partial charge in [-0.2, -0.15) is 0 Å². The minimum absolute atomic E-state index is 0.0696. The molecule has 0 aromatic rings. The van der Waals surface area contributed by atoms with E-state index in [9.17, 15) is 14.4 Å². The minimum Gasteiger partial charge on any atom is -0.462 e. The van der Waals surface area contributed by atoms with Gasteiger partial charge in [-0.15, -0.1) is 0 Å². The predicted molar refractivity (Wildman–Crippen MR) is 210 cm³/mol. The lowest BCUT2D eigenvalue weighted by atomic mass is 10.0. The van der Waals surface area contributed by atoms with Gasteiger partial charge >= 0.3 is 17.9 Å². The Morgan fingerprint density at radius 3 is 1.08 bits per heavy atom. The molecular weight excluding hydrogens is 624 g/mol. The van der Waals surface area contributed by atoms with Crippen LogP contribution in [0.1, 0.15) is 233 Å². The van der Waals surface area contributed by atoms with Crippen molar-refractivity contribution < 1.29 is 28.6 Å². The molecule has 0 heterocycles. The van der Waals surface area contributed by atoms with Gasteiger partial charge in [0, 0.05) is 19.3 Å². The maximum Gasteiger partial charge on any atom is 0.306 e. The molecule has 0 aromatic heterocycles. The standard InChI is InChI=1S/C44H82O6/c1-4-7-10-13-16-19-21-22-23-26-28-31-34-37-43(46)49-40-41(39-48-42(45)36-33-30-27-24-18-15-12-9-6-3)50-44(47)38-35-32-29-25-20-17-14-11-8-5-2/h11,14,41H,4-10,12-13,15-40H2,1-3H3/b14-11-. The Morgan fingerprint density at radius 1 is 0.380 bits per heavy atom. The lowest BCUT2D eigenvalue weighted by Crippen LogP contribution is -2.30. The lowest BCUT2D eigenvalue weighted by Gasteiger charge is -2.18. The molecule has 0 aliphatic heterocycles. The van der Waals surface area contributed by atoms with Crippen LogP contribution in [-0.4, -0.2) is 37.2 Å². The predicted octanol–water partition coefficient (Wildman–Crippen LogP) is 13.5. The van der Waals surface area contributed by atoms with Crippen LogP contribution in [0, 0.1) is 0 Å². The highest BCUT2D eigenvalue weighted by atomic mass is 16.6. The average molecular weight is 707 g/mol. The summed E-state index contributed by atoms with van der Waals surface area (Å²) in [7, 11) is 0. The lowest BCUT2D eigenvalue weighted by molar-refractivity contribution is -0.167. The smallest absolute Gasteiger partial charge is 0.306 e. The van der Waals surface area contributed by atoms with E-state index >= 15 is 0 Å². The van der Waals surface area contributed by atoms with Crippen LogP contribution in [0.2, 0.25) is 0 Å². The van der Waals surface area contributed by atoms with Crippen LogP contribution in [-0.2, 0) is 28.6 Å². The zero-order chi connectivity index (χ0) is 36.6. The molecule has 0 aliphatic rings. The molecule has 6 heteroatoms. The second-order valence-corrected chi connectivity index (χ2v) is 14.6. The molecule has 0 amide bonds. The summed E-state index contributed by atoms with van der Waals surface area (Å²) in [5.41, 5.74) is 0. The molecule has 0 aliphatic carbocycles. The highest BCUT2D eigenvalue weighted by molar-refractivity contribution is 5.71. The topological polar surface area (TPSA) is 78.9 Å². The summed E-state index contributed by atoms with van der Waals surface area (Å²) in [6.45, 7) is 6.55. The van der Waals surface area contributed by atoms with E-state index in [1.165, 1.54) is 116 Å². The van der Waals surface area contributed by atoms with Gasteiger partial charge in [-0.1, -0.05) is 187 Å². The van der Waals surface area contributed by atoms with E-state index in [2.05, 4.69) is 32.9 Å². The fourth-order valence-electron chi connectivity index (χ4n) is 6.21. The number of esters is 3.